The third-order valence-electron chi connectivity index (χ3n) is 5.27. The molecule has 0 bridgehead atoms. The molecule has 2 heterocycles. The molecule has 1 aromatic heterocycles. The van der Waals surface area contributed by atoms with Gasteiger partial charge in [-0.3, -0.25) is 0 Å². The molecule has 4 nitrogen and oxygen atoms in total. The molecule has 3 rings (SSSR count). The third-order valence-corrected chi connectivity index (χ3v) is 5.27. The zero-order valence-corrected chi connectivity index (χ0v) is 14.9. The van der Waals surface area contributed by atoms with Gasteiger partial charge in [-0.2, -0.15) is 0 Å². The summed E-state index contributed by atoms with van der Waals surface area (Å²) in [6.45, 7) is 5.25. The number of hydrogen-bond donors (Lipinski definition) is 1. The van der Waals surface area contributed by atoms with E-state index >= 15 is 0 Å². The molecule has 0 aliphatic carbocycles. The van der Waals surface area contributed by atoms with E-state index in [9.17, 15) is 9.50 Å². The minimum absolute atomic E-state index is 0.258. The quantitative estimate of drug-likeness (QED) is 0.742. The highest BCUT2D eigenvalue weighted by Crippen LogP contribution is 2.27. The van der Waals surface area contributed by atoms with Crippen LogP contribution in [0.1, 0.15) is 49.6 Å². The second-order valence-corrected chi connectivity index (χ2v) is 7.01. The van der Waals surface area contributed by atoms with Crippen molar-refractivity contribution in [3.63, 3.8) is 0 Å². The van der Waals surface area contributed by atoms with Gasteiger partial charge in [0.15, 0.2) is 0 Å². The highest BCUT2D eigenvalue weighted by Gasteiger charge is 2.26. The van der Waals surface area contributed by atoms with Crippen molar-refractivity contribution in [3.05, 3.63) is 53.9 Å². The van der Waals surface area contributed by atoms with E-state index in [2.05, 4.69) is 14.5 Å². The lowest BCUT2D eigenvalue weighted by atomic mass is 10.0. The molecule has 1 fully saturated rings. The smallest absolute Gasteiger partial charge is 0.123 e. The number of nitrogens with zero attached hydrogens (tertiary/aromatic N) is 3. The first-order chi connectivity index (χ1) is 12.1. The molecule has 1 N–H and O–H groups in total. The van der Waals surface area contributed by atoms with Gasteiger partial charge in [-0.25, -0.2) is 9.37 Å². The molecule has 0 amide bonds. The van der Waals surface area contributed by atoms with Crippen molar-refractivity contribution < 1.29 is 9.50 Å². The lowest BCUT2D eigenvalue weighted by Crippen LogP contribution is -2.31. The Morgan fingerprint density at radius 3 is 2.72 bits per heavy atom. The second-order valence-electron chi connectivity index (χ2n) is 7.01. The zero-order valence-electron chi connectivity index (χ0n) is 14.9. The number of benzene rings is 1. The van der Waals surface area contributed by atoms with Gasteiger partial charge < -0.3 is 14.6 Å². The number of halogens is 1. The Labute approximate surface area is 149 Å². The van der Waals surface area contributed by atoms with Gasteiger partial charge >= 0.3 is 0 Å². The Hall–Kier alpha value is -1.72. The molecule has 2 aromatic rings. The van der Waals surface area contributed by atoms with E-state index in [1.165, 1.54) is 18.6 Å². The first-order valence-electron chi connectivity index (χ1n) is 9.29. The van der Waals surface area contributed by atoms with E-state index < -0.39 is 6.10 Å². The summed E-state index contributed by atoms with van der Waals surface area (Å²) in [6.07, 6.45) is 8.73. The minimum atomic E-state index is -0.514. The van der Waals surface area contributed by atoms with E-state index in [0.29, 0.717) is 6.04 Å². The summed E-state index contributed by atoms with van der Waals surface area (Å²) in [6, 6.07) is 6.64. The van der Waals surface area contributed by atoms with Crippen LogP contribution in [-0.2, 0) is 6.54 Å². The van der Waals surface area contributed by atoms with E-state index in [4.69, 9.17) is 0 Å². The Balaban J connectivity index is 1.44. The number of unbranched alkanes of at least 4 members (excludes halogenated alkanes) is 1. The molecule has 136 valence electrons. The highest BCUT2D eigenvalue weighted by atomic mass is 19.1. The fourth-order valence-corrected chi connectivity index (χ4v) is 3.77. The molecule has 1 aliphatic heterocycles. The Morgan fingerprint density at radius 2 is 2.00 bits per heavy atom. The van der Waals surface area contributed by atoms with Crippen molar-refractivity contribution in [2.24, 2.45) is 0 Å². The first kappa shape index (κ1) is 18.1. The van der Waals surface area contributed by atoms with Gasteiger partial charge in [0, 0.05) is 25.0 Å². The van der Waals surface area contributed by atoms with Crippen LogP contribution in [0, 0.1) is 12.7 Å². The zero-order chi connectivity index (χ0) is 17.6. The van der Waals surface area contributed by atoms with Crippen molar-refractivity contribution in [1.82, 2.24) is 14.5 Å². The van der Waals surface area contributed by atoms with Gasteiger partial charge in [0.05, 0.1) is 6.10 Å². The molecule has 1 aromatic carbocycles. The molecular weight excluding hydrogens is 317 g/mol. The van der Waals surface area contributed by atoms with Crippen LogP contribution in [0.15, 0.2) is 36.7 Å². The van der Waals surface area contributed by atoms with Gasteiger partial charge in [-0.05, 0) is 69.8 Å². The lowest BCUT2D eigenvalue weighted by molar-refractivity contribution is 0.119. The number of aryl methyl sites for hydroxylation is 2. The normalized spacial score (nSPS) is 19.4. The molecule has 1 aliphatic rings. The van der Waals surface area contributed by atoms with Crippen LogP contribution in [0.25, 0.3) is 0 Å². The number of aliphatic hydroxyl groups excluding tert-OH is 1. The van der Waals surface area contributed by atoms with Crippen LogP contribution in [0.3, 0.4) is 0 Å². The maximum atomic E-state index is 13.0. The van der Waals surface area contributed by atoms with Gasteiger partial charge in [0.25, 0.3) is 0 Å². The van der Waals surface area contributed by atoms with Crippen LogP contribution in [0.5, 0.6) is 0 Å². The minimum Gasteiger partial charge on any atom is -0.388 e. The van der Waals surface area contributed by atoms with E-state index in [0.717, 1.165) is 56.7 Å². The molecule has 25 heavy (non-hydrogen) atoms. The third kappa shape index (κ3) is 4.89. The summed E-state index contributed by atoms with van der Waals surface area (Å²) in [5, 5.41) is 10.5. The monoisotopic (exact) mass is 345 g/mol. The standard InChI is InChI=1S/C20H28FN3O/c1-16-22-10-14-23(16)11-2-3-12-24-13-4-5-19(24)15-20(25)17-6-8-18(21)9-7-17/h6-10,14,19-20,25H,2-5,11-13,15H2,1H3. The topological polar surface area (TPSA) is 41.3 Å². The molecule has 2 unspecified atom stereocenters. The average molecular weight is 345 g/mol. The van der Waals surface area contributed by atoms with E-state index in [1.54, 1.807) is 12.1 Å². The molecule has 0 saturated carbocycles. The fraction of sp³-hybridized carbons (Fsp3) is 0.550. The van der Waals surface area contributed by atoms with Crippen molar-refractivity contribution in [3.8, 4) is 0 Å². The number of hydrogen-bond acceptors (Lipinski definition) is 3. The molecular formula is C20H28FN3O. The van der Waals surface area contributed by atoms with Gasteiger partial charge in [-0.15, -0.1) is 0 Å². The Morgan fingerprint density at radius 1 is 1.24 bits per heavy atom. The predicted octanol–water partition coefficient (Wildman–Crippen LogP) is 3.70. The largest absolute Gasteiger partial charge is 0.388 e. The van der Waals surface area contributed by atoms with Crippen molar-refractivity contribution >= 4 is 0 Å². The molecule has 0 spiro atoms. The number of rotatable bonds is 8. The Bertz CT molecular complexity index is 655. The van der Waals surface area contributed by atoms with Gasteiger partial charge in [0.1, 0.15) is 11.6 Å². The number of likely N-dealkylation sites (tertiary alicyclic amines) is 1. The number of imidazole rings is 1. The highest BCUT2D eigenvalue weighted by molar-refractivity contribution is 5.18. The van der Waals surface area contributed by atoms with Crippen LogP contribution in [0.4, 0.5) is 4.39 Å². The summed E-state index contributed by atoms with van der Waals surface area (Å²) in [5.74, 6) is 0.813. The summed E-state index contributed by atoms with van der Waals surface area (Å²) in [4.78, 5) is 6.76. The molecule has 2 atom stereocenters. The number of aliphatic hydroxyl groups is 1. The van der Waals surface area contributed by atoms with Crippen LogP contribution in [0.2, 0.25) is 0 Å². The average Bonchev–Trinajstić information content (AvgIpc) is 3.21. The van der Waals surface area contributed by atoms with Crippen molar-refractivity contribution in [1.29, 1.82) is 0 Å². The predicted molar refractivity (Wildman–Crippen MR) is 96.8 cm³/mol. The second kappa shape index (κ2) is 8.59. The van der Waals surface area contributed by atoms with Crippen LogP contribution >= 0.6 is 0 Å². The van der Waals surface area contributed by atoms with Crippen molar-refractivity contribution in [2.75, 3.05) is 13.1 Å². The SMILES string of the molecule is Cc1nccn1CCCCN1CCCC1CC(O)c1ccc(F)cc1. The molecule has 1 saturated heterocycles. The van der Waals surface area contributed by atoms with Gasteiger partial charge in [0.2, 0.25) is 0 Å². The lowest BCUT2D eigenvalue weighted by Gasteiger charge is -2.26. The van der Waals surface area contributed by atoms with Crippen molar-refractivity contribution in [2.45, 2.75) is 57.7 Å². The molecule has 0 radical (unpaired) electrons. The summed E-state index contributed by atoms with van der Waals surface area (Å²) >= 11 is 0. The van der Waals surface area contributed by atoms with E-state index in [1.807, 2.05) is 19.3 Å². The first-order valence-corrected chi connectivity index (χ1v) is 9.29. The van der Waals surface area contributed by atoms with Crippen LogP contribution < -0.4 is 0 Å². The summed E-state index contributed by atoms with van der Waals surface area (Å²) in [5.41, 5.74) is 0.809. The summed E-state index contributed by atoms with van der Waals surface area (Å²) < 4.78 is 15.2. The maximum Gasteiger partial charge on any atom is 0.123 e. The van der Waals surface area contributed by atoms with Gasteiger partial charge in [-0.1, -0.05) is 12.1 Å². The Kier molecular flexibility index (Phi) is 6.21. The van der Waals surface area contributed by atoms with E-state index in [-0.39, 0.29) is 5.82 Å². The summed E-state index contributed by atoms with van der Waals surface area (Å²) in [7, 11) is 0. The molecule has 5 heteroatoms. The maximum absolute atomic E-state index is 13.0. The fourth-order valence-electron chi connectivity index (χ4n) is 3.77. The number of aromatic nitrogens is 2. The van der Waals surface area contributed by atoms with Crippen LogP contribution in [-0.4, -0.2) is 38.7 Å².